The van der Waals surface area contributed by atoms with Gasteiger partial charge in [-0.15, -0.1) is 0 Å². The van der Waals surface area contributed by atoms with Gasteiger partial charge in [-0.3, -0.25) is 0 Å². The van der Waals surface area contributed by atoms with Gasteiger partial charge in [-0.25, -0.2) is 0 Å². The fourth-order valence-electron chi connectivity index (χ4n) is 2.03. The molecule has 17 heavy (non-hydrogen) atoms. The molecule has 0 saturated heterocycles. The highest BCUT2D eigenvalue weighted by atomic mass is 35.5. The van der Waals surface area contributed by atoms with E-state index in [1.54, 1.807) is 0 Å². The summed E-state index contributed by atoms with van der Waals surface area (Å²) in [6, 6.07) is 6.27. The van der Waals surface area contributed by atoms with Gasteiger partial charge in [-0.1, -0.05) is 62.8 Å². The maximum atomic E-state index is 6.19. The van der Waals surface area contributed by atoms with Crippen LogP contribution in [0.5, 0.6) is 0 Å². The van der Waals surface area contributed by atoms with E-state index in [0.29, 0.717) is 0 Å². The Bertz CT molecular complexity index is 336. The first-order chi connectivity index (χ1) is 8.15. The zero-order valence-corrected chi connectivity index (χ0v) is 11.8. The van der Waals surface area contributed by atoms with Crippen molar-refractivity contribution < 1.29 is 0 Å². The van der Waals surface area contributed by atoms with E-state index in [-0.39, 0.29) is 6.04 Å². The molecule has 0 radical (unpaired) electrons. The lowest BCUT2D eigenvalue weighted by molar-refractivity contribution is 0.555. The van der Waals surface area contributed by atoms with E-state index in [0.717, 1.165) is 17.0 Å². The van der Waals surface area contributed by atoms with Crippen LogP contribution < -0.4 is 5.73 Å². The highest BCUT2D eigenvalue weighted by Gasteiger charge is 2.06. The number of unbranched alkanes of at least 4 members (excludes halogenated alkanes) is 4. The van der Waals surface area contributed by atoms with Gasteiger partial charge in [-0.05, 0) is 30.5 Å². The Hall–Kier alpha value is -0.530. The van der Waals surface area contributed by atoms with Crippen molar-refractivity contribution in [2.75, 3.05) is 0 Å². The maximum Gasteiger partial charge on any atom is 0.0435 e. The van der Waals surface area contributed by atoms with Gasteiger partial charge in [0, 0.05) is 11.1 Å². The predicted molar refractivity (Wildman–Crippen MR) is 76.5 cm³/mol. The van der Waals surface area contributed by atoms with Crippen molar-refractivity contribution >= 4 is 11.6 Å². The number of halogens is 1. The molecule has 0 fully saturated rings. The van der Waals surface area contributed by atoms with E-state index in [4.69, 9.17) is 17.3 Å². The molecule has 0 aliphatic rings. The molecule has 0 aromatic heterocycles. The average Bonchev–Trinajstić information content (AvgIpc) is 2.32. The van der Waals surface area contributed by atoms with Crippen molar-refractivity contribution in [1.29, 1.82) is 0 Å². The normalized spacial score (nSPS) is 12.7. The fraction of sp³-hybridized carbons (Fsp3) is 0.600. The quantitative estimate of drug-likeness (QED) is 0.680. The van der Waals surface area contributed by atoms with Crippen LogP contribution in [0.2, 0.25) is 5.02 Å². The van der Waals surface area contributed by atoms with Crippen LogP contribution in [0, 0.1) is 6.92 Å². The Labute approximate surface area is 110 Å². The second kappa shape index (κ2) is 7.73. The molecule has 2 heteroatoms. The van der Waals surface area contributed by atoms with Crippen LogP contribution >= 0.6 is 11.6 Å². The number of benzene rings is 1. The molecule has 1 unspecified atom stereocenters. The molecule has 1 rings (SSSR count). The van der Waals surface area contributed by atoms with Gasteiger partial charge in [0.05, 0.1) is 0 Å². The molecule has 0 aliphatic heterocycles. The minimum atomic E-state index is 0.160. The lowest BCUT2D eigenvalue weighted by Crippen LogP contribution is -2.10. The summed E-state index contributed by atoms with van der Waals surface area (Å²) in [6.45, 7) is 4.27. The fourth-order valence-corrected chi connectivity index (χ4v) is 2.15. The molecule has 1 aromatic rings. The lowest BCUT2D eigenvalue weighted by Gasteiger charge is -2.13. The Morgan fingerprint density at radius 1 is 1.18 bits per heavy atom. The smallest absolute Gasteiger partial charge is 0.0435 e. The molecular formula is C15H24ClN. The molecule has 1 nitrogen and oxygen atoms in total. The van der Waals surface area contributed by atoms with E-state index >= 15 is 0 Å². The van der Waals surface area contributed by atoms with E-state index in [1.165, 1.54) is 37.7 Å². The molecule has 0 saturated carbocycles. The van der Waals surface area contributed by atoms with E-state index in [1.807, 2.05) is 19.1 Å². The number of hydrogen-bond acceptors (Lipinski definition) is 1. The molecule has 1 aromatic carbocycles. The minimum Gasteiger partial charge on any atom is -0.324 e. The summed E-state index contributed by atoms with van der Waals surface area (Å²) in [5.74, 6) is 0. The zero-order chi connectivity index (χ0) is 12.7. The first-order valence-corrected chi connectivity index (χ1v) is 7.04. The SMILES string of the molecule is CCCCCCCC(N)c1ccc(Cl)c(C)c1. The van der Waals surface area contributed by atoms with Crippen molar-refractivity contribution in [2.24, 2.45) is 5.73 Å². The minimum absolute atomic E-state index is 0.160. The Balaban J connectivity index is 2.36. The van der Waals surface area contributed by atoms with E-state index in [9.17, 15) is 0 Å². The Morgan fingerprint density at radius 3 is 2.53 bits per heavy atom. The second-order valence-electron chi connectivity index (χ2n) is 4.82. The van der Waals surface area contributed by atoms with Gasteiger partial charge in [0.2, 0.25) is 0 Å². The summed E-state index contributed by atoms with van der Waals surface area (Å²) >= 11 is 6.01. The molecule has 2 N–H and O–H groups in total. The van der Waals surface area contributed by atoms with Crippen molar-refractivity contribution in [3.63, 3.8) is 0 Å². The summed E-state index contributed by atoms with van der Waals surface area (Å²) in [7, 11) is 0. The second-order valence-corrected chi connectivity index (χ2v) is 5.23. The highest BCUT2D eigenvalue weighted by molar-refractivity contribution is 6.31. The molecule has 0 heterocycles. The van der Waals surface area contributed by atoms with Crippen LogP contribution in [-0.4, -0.2) is 0 Å². The van der Waals surface area contributed by atoms with Gasteiger partial charge in [0.25, 0.3) is 0 Å². The molecule has 0 aliphatic carbocycles. The van der Waals surface area contributed by atoms with Gasteiger partial charge < -0.3 is 5.73 Å². The third kappa shape index (κ3) is 5.10. The highest BCUT2D eigenvalue weighted by Crippen LogP contribution is 2.22. The zero-order valence-electron chi connectivity index (χ0n) is 11.0. The lowest BCUT2D eigenvalue weighted by atomic mass is 9.99. The largest absolute Gasteiger partial charge is 0.324 e. The summed E-state index contributed by atoms with van der Waals surface area (Å²) in [4.78, 5) is 0. The summed E-state index contributed by atoms with van der Waals surface area (Å²) in [5.41, 5.74) is 8.51. The number of rotatable bonds is 7. The summed E-state index contributed by atoms with van der Waals surface area (Å²) in [6.07, 6.45) is 7.57. The maximum absolute atomic E-state index is 6.19. The van der Waals surface area contributed by atoms with Crippen LogP contribution in [-0.2, 0) is 0 Å². The molecule has 1 atom stereocenters. The van der Waals surface area contributed by atoms with Crippen LogP contribution in [0.3, 0.4) is 0 Å². The number of aryl methyl sites for hydroxylation is 1. The van der Waals surface area contributed by atoms with Crippen LogP contribution in [0.15, 0.2) is 18.2 Å². The molecular weight excluding hydrogens is 230 g/mol. The van der Waals surface area contributed by atoms with Gasteiger partial charge >= 0.3 is 0 Å². The average molecular weight is 254 g/mol. The van der Waals surface area contributed by atoms with Crippen molar-refractivity contribution in [2.45, 2.75) is 58.4 Å². The first-order valence-electron chi connectivity index (χ1n) is 6.66. The summed E-state index contributed by atoms with van der Waals surface area (Å²) < 4.78 is 0. The molecule has 0 bridgehead atoms. The summed E-state index contributed by atoms with van der Waals surface area (Å²) in [5, 5.41) is 0.823. The van der Waals surface area contributed by atoms with E-state index < -0.39 is 0 Å². The van der Waals surface area contributed by atoms with Crippen molar-refractivity contribution in [1.82, 2.24) is 0 Å². The molecule has 0 spiro atoms. The number of hydrogen-bond donors (Lipinski definition) is 1. The first kappa shape index (κ1) is 14.5. The molecule has 0 amide bonds. The van der Waals surface area contributed by atoms with Crippen LogP contribution in [0.1, 0.15) is 62.6 Å². The van der Waals surface area contributed by atoms with Gasteiger partial charge in [0.15, 0.2) is 0 Å². The van der Waals surface area contributed by atoms with Gasteiger partial charge in [-0.2, -0.15) is 0 Å². The Kier molecular flexibility index (Phi) is 6.61. The van der Waals surface area contributed by atoms with Crippen molar-refractivity contribution in [3.05, 3.63) is 34.3 Å². The van der Waals surface area contributed by atoms with Gasteiger partial charge in [0.1, 0.15) is 0 Å². The Morgan fingerprint density at radius 2 is 1.88 bits per heavy atom. The monoisotopic (exact) mass is 253 g/mol. The van der Waals surface area contributed by atoms with Crippen LogP contribution in [0.4, 0.5) is 0 Å². The standard InChI is InChI=1S/C15H24ClN/c1-3-4-5-6-7-8-15(17)13-9-10-14(16)12(2)11-13/h9-11,15H,3-8,17H2,1-2H3. The van der Waals surface area contributed by atoms with E-state index in [2.05, 4.69) is 13.0 Å². The van der Waals surface area contributed by atoms with Crippen molar-refractivity contribution in [3.8, 4) is 0 Å². The third-order valence-electron chi connectivity index (χ3n) is 3.23. The third-order valence-corrected chi connectivity index (χ3v) is 3.65. The molecule has 96 valence electrons. The van der Waals surface area contributed by atoms with Crippen LogP contribution in [0.25, 0.3) is 0 Å². The topological polar surface area (TPSA) is 26.0 Å². The predicted octanol–water partition coefficient (Wildman–Crippen LogP) is 5.01. The number of nitrogens with two attached hydrogens (primary N) is 1.